The molecule has 22 heavy (non-hydrogen) atoms. The van der Waals surface area contributed by atoms with Crippen LogP contribution < -0.4 is 5.32 Å². The van der Waals surface area contributed by atoms with Crippen molar-refractivity contribution in [2.45, 2.75) is 12.6 Å². The van der Waals surface area contributed by atoms with Gasteiger partial charge in [-0.25, -0.2) is 0 Å². The maximum Gasteiger partial charge on any atom is 0.0594 e. The van der Waals surface area contributed by atoms with Crippen LogP contribution in [0.25, 0.3) is 0 Å². The molecule has 3 rings (SSSR count). The van der Waals surface area contributed by atoms with E-state index in [1.807, 2.05) is 24.5 Å². The number of aromatic nitrogens is 1. The monoisotopic (exact) mass is 319 g/mol. The van der Waals surface area contributed by atoms with Crippen molar-refractivity contribution < 1.29 is 4.74 Å². The highest BCUT2D eigenvalue weighted by molar-refractivity contribution is 6.30. The highest BCUT2D eigenvalue weighted by atomic mass is 35.5. The number of halogens is 1. The maximum atomic E-state index is 6.02. The highest BCUT2D eigenvalue weighted by Gasteiger charge is 2.22. The average Bonchev–Trinajstić information content (AvgIpc) is 3.07. The minimum atomic E-state index is 0.347. The summed E-state index contributed by atoms with van der Waals surface area (Å²) in [6.07, 6.45) is 3.98. The Morgan fingerprint density at radius 2 is 1.95 bits per heavy atom. The van der Waals surface area contributed by atoms with Gasteiger partial charge in [0.2, 0.25) is 0 Å². The number of rotatable bonds is 6. The molecule has 2 aromatic rings. The van der Waals surface area contributed by atoms with Crippen LogP contribution in [0.2, 0.25) is 5.02 Å². The van der Waals surface area contributed by atoms with Gasteiger partial charge in [0.05, 0.1) is 13.2 Å². The normalized spacial score (nSPS) is 17.5. The second kappa shape index (κ2) is 7.79. The first-order valence-corrected chi connectivity index (χ1v) is 8.10. The topological polar surface area (TPSA) is 40.3 Å². The summed E-state index contributed by atoms with van der Waals surface area (Å²) in [6.45, 7) is 5.34. The molecule has 1 aromatic carbocycles. The second-order valence-electron chi connectivity index (χ2n) is 5.57. The molecule has 2 N–H and O–H groups in total. The molecule has 2 heterocycles. The van der Waals surface area contributed by atoms with E-state index in [4.69, 9.17) is 16.3 Å². The molecule has 0 radical (unpaired) electrons. The number of H-pyrrole nitrogens is 1. The third kappa shape index (κ3) is 4.11. The van der Waals surface area contributed by atoms with Crippen LogP contribution in [0.4, 0.5) is 0 Å². The number of aromatic amines is 1. The average molecular weight is 320 g/mol. The largest absolute Gasteiger partial charge is 0.379 e. The molecule has 5 heteroatoms. The molecule has 1 aromatic heterocycles. The molecule has 1 unspecified atom stereocenters. The Balaban J connectivity index is 1.66. The van der Waals surface area contributed by atoms with Crippen molar-refractivity contribution in [1.82, 2.24) is 15.2 Å². The van der Waals surface area contributed by atoms with Crippen LogP contribution in [0, 0.1) is 0 Å². The number of hydrogen-bond donors (Lipinski definition) is 2. The van der Waals surface area contributed by atoms with Crippen LogP contribution in [-0.2, 0) is 11.3 Å². The Morgan fingerprint density at radius 3 is 2.64 bits per heavy atom. The van der Waals surface area contributed by atoms with Gasteiger partial charge in [0.25, 0.3) is 0 Å². The zero-order valence-electron chi connectivity index (χ0n) is 12.6. The molecule has 0 saturated carbocycles. The zero-order valence-corrected chi connectivity index (χ0v) is 13.4. The van der Waals surface area contributed by atoms with Crippen LogP contribution in [0.5, 0.6) is 0 Å². The molecule has 4 nitrogen and oxygen atoms in total. The second-order valence-corrected chi connectivity index (χ2v) is 6.00. The Hall–Kier alpha value is -1.33. The zero-order chi connectivity index (χ0) is 15.2. The lowest BCUT2D eigenvalue weighted by Gasteiger charge is -2.35. The molecule has 0 bridgehead atoms. The van der Waals surface area contributed by atoms with Gasteiger partial charge in [-0.3, -0.25) is 4.90 Å². The number of nitrogens with one attached hydrogen (secondary N) is 2. The van der Waals surface area contributed by atoms with Crippen molar-refractivity contribution in [2.24, 2.45) is 0 Å². The lowest BCUT2D eigenvalue weighted by molar-refractivity contribution is 0.0161. The first kappa shape index (κ1) is 15.6. The summed E-state index contributed by atoms with van der Waals surface area (Å²) >= 11 is 6.02. The van der Waals surface area contributed by atoms with E-state index in [2.05, 4.69) is 33.4 Å². The van der Waals surface area contributed by atoms with Gasteiger partial charge in [0.15, 0.2) is 0 Å². The molecule has 118 valence electrons. The standard InChI is InChI=1S/C17H22ClN3O/c18-16-3-1-15(2-4-16)17(21-7-9-22-10-8-21)13-20-12-14-5-6-19-11-14/h1-6,11,17,19-20H,7-10,12-13H2. The van der Waals surface area contributed by atoms with Gasteiger partial charge in [-0.05, 0) is 29.3 Å². The van der Waals surface area contributed by atoms with E-state index in [0.29, 0.717) is 6.04 Å². The van der Waals surface area contributed by atoms with Crippen LogP contribution in [0.15, 0.2) is 42.7 Å². The predicted octanol–water partition coefficient (Wildman–Crippen LogP) is 2.83. The maximum absolute atomic E-state index is 6.02. The summed E-state index contributed by atoms with van der Waals surface area (Å²) in [5.74, 6) is 0. The van der Waals surface area contributed by atoms with E-state index < -0.39 is 0 Å². The minimum absolute atomic E-state index is 0.347. The van der Waals surface area contributed by atoms with Crippen molar-refractivity contribution in [2.75, 3.05) is 32.8 Å². The first-order chi connectivity index (χ1) is 10.8. The van der Waals surface area contributed by atoms with E-state index >= 15 is 0 Å². The van der Waals surface area contributed by atoms with E-state index in [9.17, 15) is 0 Å². The molecule has 0 amide bonds. The smallest absolute Gasteiger partial charge is 0.0594 e. The molecule has 0 aliphatic carbocycles. The molecular weight excluding hydrogens is 298 g/mol. The molecule has 1 aliphatic heterocycles. The van der Waals surface area contributed by atoms with Gasteiger partial charge in [0.1, 0.15) is 0 Å². The van der Waals surface area contributed by atoms with Gasteiger partial charge < -0.3 is 15.0 Å². The van der Waals surface area contributed by atoms with E-state index in [-0.39, 0.29) is 0 Å². The summed E-state index contributed by atoms with van der Waals surface area (Å²) in [7, 11) is 0. The number of morpholine rings is 1. The van der Waals surface area contributed by atoms with E-state index in [1.165, 1.54) is 11.1 Å². The molecule has 1 aliphatic rings. The molecule has 1 fully saturated rings. The lowest BCUT2D eigenvalue weighted by Crippen LogP contribution is -2.42. The number of ether oxygens (including phenoxy) is 1. The van der Waals surface area contributed by atoms with Crippen molar-refractivity contribution in [1.29, 1.82) is 0 Å². The summed E-state index contributed by atoms with van der Waals surface area (Å²) < 4.78 is 5.48. The third-order valence-electron chi connectivity index (χ3n) is 4.07. The van der Waals surface area contributed by atoms with Crippen LogP contribution in [-0.4, -0.2) is 42.7 Å². The Morgan fingerprint density at radius 1 is 1.18 bits per heavy atom. The minimum Gasteiger partial charge on any atom is -0.379 e. The lowest BCUT2D eigenvalue weighted by atomic mass is 10.0. The Kier molecular flexibility index (Phi) is 5.51. The SMILES string of the molecule is Clc1ccc(C(CNCc2cc[nH]c2)N2CCOCC2)cc1. The Bertz CT molecular complexity index is 550. The van der Waals surface area contributed by atoms with Crippen LogP contribution >= 0.6 is 11.6 Å². The van der Waals surface area contributed by atoms with Crippen LogP contribution in [0.3, 0.4) is 0 Å². The number of benzene rings is 1. The first-order valence-electron chi connectivity index (χ1n) is 7.72. The third-order valence-corrected chi connectivity index (χ3v) is 4.32. The van der Waals surface area contributed by atoms with Gasteiger partial charge in [0, 0.05) is 49.6 Å². The van der Waals surface area contributed by atoms with E-state index in [1.54, 1.807) is 0 Å². The van der Waals surface area contributed by atoms with Gasteiger partial charge >= 0.3 is 0 Å². The summed E-state index contributed by atoms with van der Waals surface area (Å²) in [5.41, 5.74) is 2.57. The fourth-order valence-corrected chi connectivity index (χ4v) is 2.98. The van der Waals surface area contributed by atoms with Gasteiger partial charge in [-0.1, -0.05) is 23.7 Å². The van der Waals surface area contributed by atoms with Gasteiger partial charge in [-0.2, -0.15) is 0 Å². The summed E-state index contributed by atoms with van der Waals surface area (Å²) in [6, 6.07) is 10.6. The molecule has 0 spiro atoms. The van der Waals surface area contributed by atoms with Crippen molar-refractivity contribution in [3.8, 4) is 0 Å². The predicted molar refractivity (Wildman–Crippen MR) is 89.1 cm³/mol. The van der Waals surface area contributed by atoms with Crippen molar-refractivity contribution >= 4 is 11.6 Å². The van der Waals surface area contributed by atoms with E-state index in [0.717, 1.165) is 44.4 Å². The highest BCUT2D eigenvalue weighted by Crippen LogP contribution is 2.23. The quantitative estimate of drug-likeness (QED) is 0.860. The molecule has 1 atom stereocenters. The van der Waals surface area contributed by atoms with Crippen molar-refractivity contribution in [3.05, 3.63) is 58.9 Å². The van der Waals surface area contributed by atoms with Gasteiger partial charge in [-0.15, -0.1) is 0 Å². The Labute approximate surface area is 136 Å². The summed E-state index contributed by atoms with van der Waals surface area (Å²) in [4.78, 5) is 5.57. The molecule has 1 saturated heterocycles. The van der Waals surface area contributed by atoms with Crippen molar-refractivity contribution in [3.63, 3.8) is 0 Å². The van der Waals surface area contributed by atoms with Crippen LogP contribution in [0.1, 0.15) is 17.2 Å². The number of hydrogen-bond acceptors (Lipinski definition) is 3. The summed E-state index contributed by atoms with van der Waals surface area (Å²) in [5, 5.41) is 4.34. The fraction of sp³-hybridized carbons (Fsp3) is 0.412. The fourth-order valence-electron chi connectivity index (χ4n) is 2.85. The molecular formula is C17H22ClN3O. The number of nitrogens with zero attached hydrogens (tertiary/aromatic N) is 1.